The summed E-state index contributed by atoms with van der Waals surface area (Å²) in [5, 5.41) is 11.4. The van der Waals surface area contributed by atoms with Crippen LogP contribution in [0.3, 0.4) is 0 Å². The van der Waals surface area contributed by atoms with Gasteiger partial charge in [0.25, 0.3) is 0 Å². The van der Waals surface area contributed by atoms with Gasteiger partial charge in [-0.1, -0.05) is 18.9 Å². The Kier molecular flexibility index (Phi) is 4.07. The number of nitriles is 1. The van der Waals surface area contributed by atoms with E-state index < -0.39 is 0 Å². The molecular formula is C16H16N4OS. The van der Waals surface area contributed by atoms with Crippen LogP contribution in [0, 0.1) is 17.2 Å². The molecule has 6 heteroatoms. The number of carbonyl (C=O) groups excluding carboxylic acids is 1. The summed E-state index contributed by atoms with van der Waals surface area (Å²) in [5.74, 6) is 0.471. The number of rotatable bonds is 3. The van der Waals surface area contributed by atoms with E-state index in [9.17, 15) is 4.79 Å². The molecule has 112 valence electrons. The first-order valence-electron chi connectivity index (χ1n) is 7.24. The van der Waals surface area contributed by atoms with Crippen LogP contribution in [0.4, 0.5) is 16.6 Å². The normalized spacial score (nSPS) is 14.7. The van der Waals surface area contributed by atoms with Crippen LogP contribution >= 0.6 is 11.3 Å². The minimum absolute atomic E-state index is 0.0240. The Hall–Kier alpha value is -2.39. The molecule has 1 aliphatic carbocycles. The first-order valence-corrected chi connectivity index (χ1v) is 8.12. The molecular weight excluding hydrogens is 296 g/mol. The van der Waals surface area contributed by atoms with Crippen molar-refractivity contribution in [2.45, 2.75) is 25.7 Å². The van der Waals surface area contributed by atoms with Crippen molar-refractivity contribution < 1.29 is 4.79 Å². The maximum Gasteiger partial charge on any atom is 0.236 e. The van der Waals surface area contributed by atoms with Gasteiger partial charge in [-0.3, -0.25) is 9.69 Å². The fraction of sp³-hybridized carbons (Fsp3) is 0.312. The van der Waals surface area contributed by atoms with Gasteiger partial charge in [0.1, 0.15) is 5.82 Å². The van der Waals surface area contributed by atoms with Crippen LogP contribution in [0.2, 0.25) is 0 Å². The van der Waals surface area contributed by atoms with Gasteiger partial charge in [-0.05, 0) is 31.0 Å². The molecule has 0 bridgehead atoms. The number of nitrogen functional groups attached to an aromatic ring is 1. The predicted octanol–water partition coefficient (Wildman–Crippen LogP) is 3.45. The molecule has 0 aliphatic heterocycles. The van der Waals surface area contributed by atoms with Crippen molar-refractivity contribution >= 4 is 33.9 Å². The van der Waals surface area contributed by atoms with Crippen molar-refractivity contribution in [1.82, 2.24) is 4.98 Å². The summed E-state index contributed by atoms with van der Waals surface area (Å²) in [6, 6.07) is 9.14. The molecule has 3 rings (SSSR count). The van der Waals surface area contributed by atoms with E-state index in [0.29, 0.717) is 22.2 Å². The highest BCUT2D eigenvalue weighted by molar-refractivity contribution is 7.14. The highest BCUT2D eigenvalue weighted by Crippen LogP contribution is 2.35. The average Bonchev–Trinajstić information content (AvgIpc) is 3.19. The van der Waals surface area contributed by atoms with Crippen LogP contribution in [-0.4, -0.2) is 10.9 Å². The molecule has 0 atom stereocenters. The lowest BCUT2D eigenvalue weighted by Crippen LogP contribution is -2.31. The van der Waals surface area contributed by atoms with Gasteiger partial charge in [0.2, 0.25) is 5.91 Å². The lowest BCUT2D eigenvalue weighted by atomic mass is 10.1. The van der Waals surface area contributed by atoms with Gasteiger partial charge in [-0.15, -0.1) is 11.3 Å². The van der Waals surface area contributed by atoms with E-state index in [0.717, 1.165) is 25.7 Å². The lowest BCUT2D eigenvalue weighted by Gasteiger charge is -2.23. The molecule has 1 amide bonds. The molecule has 1 saturated carbocycles. The number of amides is 1. The summed E-state index contributed by atoms with van der Waals surface area (Å²) in [4.78, 5) is 18.8. The summed E-state index contributed by atoms with van der Waals surface area (Å²) >= 11 is 1.34. The Morgan fingerprint density at radius 3 is 2.82 bits per heavy atom. The van der Waals surface area contributed by atoms with E-state index in [-0.39, 0.29) is 11.8 Å². The van der Waals surface area contributed by atoms with E-state index in [4.69, 9.17) is 11.0 Å². The van der Waals surface area contributed by atoms with E-state index in [2.05, 4.69) is 11.1 Å². The number of thiazole rings is 1. The molecule has 1 aromatic heterocycles. The standard InChI is InChI=1S/C16H16N4OS/c17-9-11-4-3-7-13(8-11)20(16-19-14(18)10-22-16)15(21)12-5-1-2-6-12/h3-4,7-8,10,12H,1-2,5-6,18H2. The maximum absolute atomic E-state index is 12.9. The Morgan fingerprint density at radius 1 is 1.41 bits per heavy atom. The smallest absolute Gasteiger partial charge is 0.236 e. The zero-order valence-electron chi connectivity index (χ0n) is 12.0. The molecule has 1 fully saturated rings. The number of hydrogen-bond acceptors (Lipinski definition) is 5. The average molecular weight is 312 g/mol. The largest absolute Gasteiger partial charge is 0.383 e. The number of hydrogen-bond donors (Lipinski definition) is 1. The zero-order valence-corrected chi connectivity index (χ0v) is 12.8. The third kappa shape index (κ3) is 2.81. The Labute approximate surface area is 133 Å². The van der Waals surface area contributed by atoms with Crippen molar-refractivity contribution in [3.63, 3.8) is 0 Å². The van der Waals surface area contributed by atoms with E-state index in [1.165, 1.54) is 11.3 Å². The van der Waals surface area contributed by atoms with Crippen molar-refractivity contribution in [1.29, 1.82) is 5.26 Å². The SMILES string of the molecule is N#Cc1cccc(N(C(=O)C2CCCC2)c2nc(N)cs2)c1. The molecule has 2 aromatic rings. The molecule has 5 nitrogen and oxygen atoms in total. The van der Waals surface area contributed by atoms with Crippen molar-refractivity contribution in [3.05, 3.63) is 35.2 Å². The van der Waals surface area contributed by atoms with Crippen LogP contribution in [0.25, 0.3) is 0 Å². The maximum atomic E-state index is 12.9. The van der Waals surface area contributed by atoms with Gasteiger partial charge in [-0.25, -0.2) is 4.98 Å². The Bertz CT molecular complexity index is 728. The molecule has 0 unspecified atom stereocenters. The minimum Gasteiger partial charge on any atom is -0.383 e. The first kappa shape index (κ1) is 14.5. The van der Waals surface area contributed by atoms with Crippen molar-refractivity contribution in [2.24, 2.45) is 5.92 Å². The molecule has 0 spiro atoms. The summed E-state index contributed by atoms with van der Waals surface area (Å²) in [5.41, 5.74) is 6.90. The van der Waals surface area contributed by atoms with E-state index in [1.807, 2.05) is 6.07 Å². The predicted molar refractivity (Wildman–Crippen MR) is 86.8 cm³/mol. The van der Waals surface area contributed by atoms with Crippen molar-refractivity contribution in [2.75, 3.05) is 10.6 Å². The van der Waals surface area contributed by atoms with Crippen LogP contribution in [0.15, 0.2) is 29.6 Å². The number of nitrogens with zero attached hydrogens (tertiary/aromatic N) is 3. The Morgan fingerprint density at radius 2 is 2.18 bits per heavy atom. The number of anilines is 3. The molecule has 22 heavy (non-hydrogen) atoms. The molecule has 0 saturated heterocycles. The number of carbonyl (C=O) groups is 1. The van der Waals surface area contributed by atoms with Gasteiger partial charge >= 0.3 is 0 Å². The van der Waals surface area contributed by atoms with Crippen molar-refractivity contribution in [3.8, 4) is 6.07 Å². The fourth-order valence-electron chi connectivity index (χ4n) is 2.78. The summed E-state index contributed by atoms with van der Waals surface area (Å²) < 4.78 is 0. The molecule has 1 aromatic carbocycles. The number of nitrogens with two attached hydrogens (primary N) is 1. The summed E-state index contributed by atoms with van der Waals surface area (Å²) in [6.45, 7) is 0. The molecule has 2 N–H and O–H groups in total. The number of benzene rings is 1. The fourth-order valence-corrected chi connectivity index (χ4v) is 3.52. The lowest BCUT2D eigenvalue weighted by molar-refractivity contribution is -0.121. The zero-order chi connectivity index (χ0) is 15.5. The van der Waals surface area contributed by atoms with Crippen LogP contribution < -0.4 is 10.6 Å². The van der Waals surface area contributed by atoms with Gasteiger partial charge < -0.3 is 5.73 Å². The van der Waals surface area contributed by atoms with Crippen LogP contribution in [-0.2, 0) is 4.79 Å². The van der Waals surface area contributed by atoms with Gasteiger partial charge in [0.15, 0.2) is 5.13 Å². The summed E-state index contributed by atoms with van der Waals surface area (Å²) in [7, 11) is 0. The van der Waals surface area contributed by atoms with Crippen LogP contribution in [0.1, 0.15) is 31.2 Å². The third-order valence-corrected chi connectivity index (χ3v) is 4.70. The minimum atomic E-state index is 0.0240. The number of aromatic nitrogens is 1. The van der Waals surface area contributed by atoms with Crippen LogP contribution in [0.5, 0.6) is 0 Å². The topological polar surface area (TPSA) is 83.0 Å². The molecule has 1 heterocycles. The summed E-state index contributed by atoms with van der Waals surface area (Å²) in [6.07, 6.45) is 3.99. The third-order valence-electron chi connectivity index (χ3n) is 3.86. The Balaban J connectivity index is 2.02. The van der Waals surface area contributed by atoms with E-state index >= 15 is 0 Å². The molecule has 1 aliphatic rings. The van der Waals surface area contributed by atoms with Gasteiger partial charge in [0, 0.05) is 11.3 Å². The second-order valence-corrected chi connectivity index (χ2v) is 6.21. The highest BCUT2D eigenvalue weighted by Gasteiger charge is 2.30. The molecule has 0 radical (unpaired) electrons. The van der Waals surface area contributed by atoms with E-state index in [1.54, 1.807) is 28.5 Å². The monoisotopic (exact) mass is 312 g/mol. The first-order chi connectivity index (χ1) is 10.7. The second-order valence-electron chi connectivity index (χ2n) is 5.37. The second kappa shape index (κ2) is 6.16. The van der Waals surface area contributed by atoms with Gasteiger partial charge in [0.05, 0.1) is 17.3 Å². The highest BCUT2D eigenvalue weighted by atomic mass is 32.1. The van der Waals surface area contributed by atoms with Gasteiger partial charge in [-0.2, -0.15) is 5.26 Å². The quantitative estimate of drug-likeness (QED) is 0.941.